The Morgan fingerprint density at radius 3 is 2.56 bits per heavy atom. The zero-order valence-electron chi connectivity index (χ0n) is 15.6. The molecule has 27 heavy (non-hydrogen) atoms. The molecule has 0 radical (unpaired) electrons. The van der Waals surface area contributed by atoms with E-state index in [1.165, 1.54) is 12.1 Å². The van der Waals surface area contributed by atoms with Gasteiger partial charge in [0, 0.05) is 30.8 Å². The maximum absolute atomic E-state index is 12.7. The minimum atomic E-state index is -3.76. The molecule has 2 aromatic rings. The molecule has 0 saturated carbocycles. The van der Waals surface area contributed by atoms with E-state index in [4.69, 9.17) is 4.74 Å². The van der Waals surface area contributed by atoms with Gasteiger partial charge in [0.15, 0.2) is 0 Å². The molecule has 0 aliphatic carbocycles. The van der Waals surface area contributed by atoms with Gasteiger partial charge in [0.1, 0.15) is 5.75 Å². The highest BCUT2D eigenvalue weighted by Gasteiger charge is 2.23. The fraction of sp³-hybridized carbons (Fsp3) is 0.350. The van der Waals surface area contributed by atoms with Crippen LogP contribution in [0.1, 0.15) is 34.3 Å². The second-order valence-electron chi connectivity index (χ2n) is 6.61. The first kappa shape index (κ1) is 19.4. The predicted molar refractivity (Wildman–Crippen MR) is 103 cm³/mol. The molecule has 1 N–H and O–H groups in total. The topological polar surface area (TPSA) is 75.7 Å². The number of nitrogens with one attached hydrogen (secondary N) is 1. The Hall–Kier alpha value is -2.38. The number of carbonyl (C=O) groups is 1. The molecule has 3 rings (SSSR count). The van der Waals surface area contributed by atoms with Crippen LogP contribution >= 0.6 is 0 Å². The lowest BCUT2D eigenvalue weighted by Gasteiger charge is -2.17. The van der Waals surface area contributed by atoms with Crippen LogP contribution in [0.25, 0.3) is 0 Å². The van der Waals surface area contributed by atoms with Crippen LogP contribution in [0, 0.1) is 6.92 Å². The Kier molecular flexibility index (Phi) is 5.82. The molecule has 1 aliphatic heterocycles. The number of carbonyl (C=O) groups excluding carboxylic acids is 1. The van der Waals surface area contributed by atoms with Gasteiger partial charge in [0.25, 0.3) is 5.91 Å². The highest BCUT2D eigenvalue weighted by Crippen LogP contribution is 2.21. The van der Waals surface area contributed by atoms with Crippen LogP contribution < -0.4 is 9.46 Å². The molecule has 6 nitrogen and oxygen atoms in total. The number of rotatable bonds is 6. The number of para-hydroxylation sites is 1. The number of hydrogen-bond acceptors (Lipinski definition) is 4. The summed E-state index contributed by atoms with van der Waals surface area (Å²) >= 11 is 0. The zero-order chi connectivity index (χ0) is 19.4. The molecule has 0 bridgehead atoms. The van der Waals surface area contributed by atoms with Crippen molar-refractivity contribution in [2.75, 3.05) is 20.2 Å². The van der Waals surface area contributed by atoms with Crippen molar-refractivity contribution in [3.63, 3.8) is 0 Å². The molecule has 0 atom stereocenters. The minimum absolute atomic E-state index is 0.0885. The summed E-state index contributed by atoms with van der Waals surface area (Å²) in [5.41, 5.74) is 1.96. The van der Waals surface area contributed by atoms with Gasteiger partial charge in [0.05, 0.1) is 12.0 Å². The van der Waals surface area contributed by atoms with Gasteiger partial charge in [-0.3, -0.25) is 4.79 Å². The van der Waals surface area contributed by atoms with Crippen molar-refractivity contribution in [2.24, 2.45) is 0 Å². The number of sulfonamides is 1. The Balaban J connectivity index is 1.82. The van der Waals surface area contributed by atoms with Gasteiger partial charge >= 0.3 is 0 Å². The van der Waals surface area contributed by atoms with Crippen molar-refractivity contribution >= 4 is 15.9 Å². The normalized spacial score (nSPS) is 14.4. The van der Waals surface area contributed by atoms with Gasteiger partial charge in [0.2, 0.25) is 10.0 Å². The molecular formula is C20H24N2O4S. The maximum Gasteiger partial charge on any atom is 0.254 e. The highest BCUT2D eigenvalue weighted by molar-refractivity contribution is 7.89. The van der Waals surface area contributed by atoms with Crippen molar-refractivity contribution < 1.29 is 17.9 Å². The number of ether oxygens (including phenoxy) is 1. The number of nitrogens with zero attached hydrogens (tertiary/aromatic N) is 1. The average Bonchev–Trinajstić information content (AvgIpc) is 3.21. The van der Waals surface area contributed by atoms with Crippen molar-refractivity contribution in [3.8, 4) is 5.75 Å². The van der Waals surface area contributed by atoms with Crippen LogP contribution in [-0.2, 0) is 16.6 Å². The van der Waals surface area contributed by atoms with E-state index in [1.807, 2.05) is 19.1 Å². The fourth-order valence-corrected chi connectivity index (χ4v) is 4.23. The Labute approximate surface area is 160 Å². The summed E-state index contributed by atoms with van der Waals surface area (Å²) in [5.74, 6) is 0.515. The standard InChI is InChI=1S/C20H24N2O4S/c1-15-9-10-17(13-18(15)20(23)22-11-5-6-12-22)27(24,25)21-14-16-7-3-4-8-19(16)26-2/h3-4,7-10,13,21H,5-6,11-12,14H2,1-2H3. The first-order valence-electron chi connectivity index (χ1n) is 8.94. The third-order valence-corrected chi connectivity index (χ3v) is 6.19. The van der Waals surface area contributed by atoms with Crippen LogP contribution in [0.3, 0.4) is 0 Å². The van der Waals surface area contributed by atoms with Crippen LogP contribution in [0.5, 0.6) is 5.75 Å². The molecule has 0 unspecified atom stereocenters. The smallest absolute Gasteiger partial charge is 0.254 e. The van der Waals surface area contributed by atoms with E-state index in [2.05, 4.69) is 4.72 Å². The fourth-order valence-electron chi connectivity index (χ4n) is 3.19. The molecule has 1 heterocycles. The van der Waals surface area contributed by atoms with E-state index in [0.29, 0.717) is 11.3 Å². The Morgan fingerprint density at radius 2 is 1.85 bits per heavy atom. The average molecular weight is 388 g/mol. The molecule has 144 valence electrons. The molecule has 1 amide bonds. The molecular weight excluding hydrogens is 364 g/mol. The van der Waals surface area contributed by atoms with E-state index in [0.717, 1.165) is 37.1 Å². The second-order valence-corrected chi connectivity index (χ2v) is 8.38. The van der Waals surface area contributed by atoms with Crippen molar-refractivity contribution in [2.45, 2.75) is 31.2 Å². The third kappa shape index (κ3) is 4.31. The molecule has 1 saturated heterocycles. The van der Waals surface area contributed by atoms with Gasteiger partial charge in [-0.2, -0.15) is 0 Å². The lowest BCUT2D eigenvalue weighted by atomic mass is 10.1. The summed E-state index contributed by atoms with van der Waals surface area (Å²) in [4.78, 5) is 14.6. The van der Waals surface area contributed by atoms with Crippen molar-refractivity contribution in [3.05, 3.63) is 59.2 Å². The third-order valence-electron chi connectivity index (χ3n) is 4.79. The van der Waals surface area contributed by atoms with E-state index in [1.54, 1.807) is 30.2 Å². The van der Waals surface area contributed by atoms with Gasteiger partial charge in [-0.25, -0.2) is 13.1 Å². The summed E-state index contributed by atoms with van der Waals surface area (Å²) in [5, 5.41) is 0. The van der Waals surface area contributed by atoms with E-state index >= 15 is 0 Å². The quantitative estimate of drug-likeness (QED) is 0.826. The number of hydrogen-bond donors (Lipinski definition) is 1. The maximum atomic E-state index is 12.7. The summed E-state index contributed by atoms with van der Waals surface area (Å²) in [7, 11) is -2.21. The summed E-state index contributed by atoms with van der Waals surface area (Å²) in [6, 6.07) is 11.9. The minimum Gasteiger partial charge on any atom is -0.496 e. The number of benzene rings is 2. The van der Waals surface area contributed by atoms with Crippen LogP contribution in [0.15, 0.2) is 47.4 Å². The van der Waals surface area contributed by atoms with E-state index in [-0.39, 0.29) is 17.3 Å². The number of amides is 1. The summed E-state index contributed by atoms with van der Waals surface area (Å²) in [6.45, 7) is 3.38. The number of likely N-dealkylation sites (tertiary alicyclic amines) is 1. The molecule has 7 heteroatoms. The molecule has 2 aromatic carbocycles. The molecule has 1 fully saturated rings. The largest absolute Gasteiger partial charge is 0.496 e. The summed E-state index contributed by atoms with van der Waals surface area (Å²) in [6.07, 6.45) is 1.98. The zero-order valence-corrected chi connectivity index (χ0v) is 16.4. The molecule has 0 spiro atoms. The predicted octanol–water partition coefficient (Wildman–Crippen LogP) is 2.72. The highest BCUT2D eigenvalue weighted by atomic mass is 32.2. The number of methoxy groups -OCH3 is 1. The lowest BCUT2D eigenvalue weighted by Crippen LogP contribution is -2.29. The van der Waals surface area contributed by atoms with Gasteiger partial charge in [-0.15, -0.1) is 0 Å². The van der Waals surface area contributed by atoms with Gasteiger partial charge < -0.3 is 9.64 Å². The van der Waals surface area contributed by atoms with Crippen molar-refractivity contribution in [1.82, 2.24) is 9.62 Å². The van der Waals surface area contributed by atoms with Crippen LogP contribution in [-0.4, -0.2) is 39.4 Å². The lowest BCUT2D eigenvalue weighted by molar-refractivity contribution is 0.0792. The summed E-state index contributed by atoms with van der Waals surface area (Å²) < 4.78 is 33.3. The van der Waals surface area contributed by atoms with E-state index in [9.17, 15) is 13.2 Å². The SMILES string of the molecule is COc1ccccc1CNS(=O)(=O)c1ccc(C)c(C(=O)N2CCCC2)c1. The second kappa shape index (κ2) is 8.10. The first-order valence-corrected chi connectivity index (χ1v) is 10.4. The van der Waals surface area contributed by atoms with Crippen LogP contribution in [0.4, 0.5) is 0 Å². The number of aryl methyl sites for hydroxylation is 1. The van der Waals surface area contributed by atoms with Crippen molar-refractivity contribution in [1.29, 1.82) is 0 Å². The van der Waals surface area contributed by atoms with Crippen LogP contribution in [0.2, 0.25) is 0 Å². The van der Waals surface area contributed by atoms with E-state index < -0.39 is 10.0 Å². The van der Waals surface area contributed by atoms with Gasteiger partial charge in [-0.1, -0.05) is 24.3 Å². The monoisotopic (exact) mass is 388 g/mol. The Morgan fingerprint density at radius 1 is 1.15 bits per heavy atom. The Bertz CT molecular complexity index is 935. The molecule has 0 aromatic heterocycles. The first-order chi connectivity index (χ1) is 12.9. The van der Waals surface area contributed by atoms with Gasteiger partial charge in [-0.05, 0) is 43.5 Å². The molecule has 1 aliphatic rings.